The van der Waals surface area contributed by atoms with Gasteiger partial charge in [0.2, 0.25) is 23.6 Å². The van der Waals surface area contributed by atoms with E-state index in [1.54, 1.807) is 50.4 Å². The largest absolute Gasteiger partial charge is 0.445 e. The van der Waals surface area contributed by atoms with Gasteiger partial charge in [-0.15, -0.1) is 0 Å². The van der Waals surface area contributed by atoms with Crippen molar-refractivity contribution in [2.75, 3.05) is 53.3 Å². The number of methoxy groups -OCH3 is 2. The van der Waals surface area contributed by atoms with Crippen LogP contribution in [0.5, 0.6) is 0 Å². The second-order valence-electron chi connectivity index (χ2n) is 26.2. The summed E-state index contributed by atoms with van der Waals surface area (Å²) in [5, 5.41) is 18.3. The van der Waals surface area contributed by atoms with E-state index in [0.29, 0.717) is 62.7 Å². The highest BCUT2D eigenvalue weighted by Gasteiger charge is 2.41. The average Bonchev–Trinajstić information content (AvgIpc) is 1.33. The lowest BCUT2D eigenvalue weighted by atomic mass is 9.83. The molecule has 3 rings (SSSR count). The molecule has 22 nitrogen and oxygen atoms in total. The molecule has 92 heavy (non-hydrogen) atoms. The van der Waals surface area contributed by atoms with Crippen LogP contribution in [-0.2, 0) is 59.2 Å². The van der Waals surface area contributed by atoms with Gasteiger partial charge in [0, 0.05) is 103 Å². The molecule has 0 saturated carbocycles. The number of nitrogens with one attached hydrogen (secondary N) is 3. The van der Waals surface area contributed by atoms with E-state index in [4.69, 9.17) is 25.7 Å². The van der Waals surface area contributed by atoms with Gasteiger partial charge in [-0.1, -0.05) is 118 Å². The number of nitrogens with zero attached hydrogens (tertiary/aromatic N) is 3. The molecule has 1 saturated heterocycles. The Morgan fingerprint density at radius 1 is 0.717 bits per heavy atom. The smallest absolute Gasteiger partial charge is 0.410 e. The summed E-state index contributed by atoms with van der Waals surface area (Å²) in [7, 11) is 6.39. The van der Waals surface area contributed by atoms with Crippen molar-refractivity contribution in [2.24, 2.45) is 52.9 Å². The second kappa shape index (κ2) is 42.6. The highest BCUT2D eigenvalue weighted by molar-refractivity contribution is 5.97. The van der Waals surface area contributed by atoms with Crippen LogP contribution in [0.2, 0.25) is 0 Å². The molecule has 7 amide bonds. The van der Waals surface area contributed by atoms with Crippen LogP contribution in [0.25, 0.3) is 0 Å². The number of primary amides is 1. The van der Waals surface area contributed by atoms with Crippen LogP contribution in [-0.4, -0.2) is 163 Å². The molecule has 1 unspecified atom stereocenters. The molecule has 22 heteroatoms. The molecule has 1 heterocycles. The fraction of sp³-hybridized carbons (Fsp3) is 0.686. The van der Waals surface area contributed by atoms with E-state index < -0.39 is 60.2 Å². The lowest BCUT2D eigenvalue weighted by Crippen LogP contribution is -2.53. The topological polar surface area (TPSA) is 316 Å². The van der Waals surface area contributed by atoms with E-state index in [2.05, 4.69) is 16.0 Å². The van der Waals surface area contributed by atoms with Crippen LogP contribution in [0.4, 0.5) is 15.3 Å². The van der Waals surface area contributed by atoms with Crippen molar-refractivity contribution in [1.82, 2.24) is 25.3 Å². The monoisotopic (exact) mass is 1290 g/mol. The summed E-state index contributed by atoms with van der Waals surface area (Å²) in [5.74, 6) is -3.86. The molecule has 2 aromatic rings. The minimum Gasteiger partial charge on any atom is -0.445 e. The molecular formula is C70H114N8O14. The first-order valence-electron chi connectivity index (χ1n) is 33.2. The van der Waals surface area contributed by atoms with Crippen LogP contribution in [0, 0.1) is 41.4 Å². The Morgan fingerprint density at radius 3 is 1.90 bits per heavy atom. The molecule has 11 atom stereocenters. The number of likely N-dealkylation sites (tertiary alicyclic amines) is 1. The second-order valence-corrected chi connectivity index (χ2v) is 26.2. The molecular weight excluding hydrogens is 1180 g/mol. The molecule has 0 spiro atoms. The Hall–Kier alpha value is -6.62. The fourth-order valence-corrected chi connectivity index (χ4v) is 11.8. The third-order valence-corrected chi connectivity index (χ3v) is 17.7. The van der Waals surface area contributed by atoms with Crippen molar-refractivity contribution in [3.05, 3.63) is 65.7 Å². The number of hydrogen-bond acceptors (Lipinski definition) is 15. The number of hydrogen-bond donors (Lipinski definition) is 6. The first-order chi connectivity index (χ1) is 43.4. The zero-order chi connectivity index (χ0) is 69.4. The number of nitrogens with two attached hydrogens (primary N) is 2. The quantitative estimate of drug-likeness (QED) is 0.0338. The summed E-state index contributed by atoms with van der Waals surface area (Å²) in [4.78, 5) is 135. The molecule has 8 N–H and O–H groups in total. The number of benzene rings is 2. The number of Topliss-reactive ketones (excluding diaryl/α,β-unsaturated/α-hetero) is 4. The number of ketones is 4. The minimum atomic E-state index is -0.897. The van der Waals surface area contributed by atoms with E-state index in [-0.39, 0.29) is 134 Å². The van der Waals surface area contributed by atoms with E-state index in [1.165, 1.54) is 11.9 Å². The summed E-state index contributed by atoms with van der Waals surface area (Å²) in [6, 6.07) is 13.3. The van der Waals surface area contributed by atoms with Gasteiger partial charge in [-0.25, -0.2) is 9.59 Å². The molecule has 1 aliphatic heterocycles. The van der Waals surface area contributed by atoms with Crippen molar-refractivity contribution in [2.45, 2.75) is 222 Å². The normalized spacial score (nSPS) is 16.3. The summed E-state index contributed by atoms with van der Waals surface area (Å²) in [5.41, 5.74) is 12.5. The maximum atomic E-state index is 14.5. The van der Waals surface area contributed by atoms with Crippen LogP contribution in [0.3, 0.4) is 0 Å². The van der Waals surface area contributed by atoms with Crippen molar-refractivity contribution < 1.29 is 67.3 Å². The van der Waals surface area contributed by atoms with Crippen LogP contribution in [0.1, 0.15) is 190 Å². The lowest BCUT2D eigenvalue weighted by Gasteiger charge is -2.40. The highest BCUT2D eigenvalue weighted by Crippen LogP contribution is 2.30. The predicted molar refractivity (Wildman–Crippen MR) is 357 cm³/mol. The van der Waals surface area contributed by atoms with Crippen molar-refractivity contribution in [3.63, 3.8) is 0 Å². The molecule has 0 aromatic heterocycles. The predicted octanol–water partition coefficient (Wildman–Crippen LogP) is 9.12. The molecule has 0 aliphatic carbocycles. The number of ether oxygens (including phenoxy) is 3. The Balaban J connectivity index is 0.00000137. The number of urea groups is 1. The van der Waals surface area contributed by atoms with Crippen LogP contribution < -0.4 is 27.4 Å². The number of aliphatic hydroxyl groups excluding tert-OH is 1. The van der Waals surface area contributed by atoms with Gasteiger partial charge >= 0.3 is 12.1 Å². The average molecular weight is 1290 g/mol. The Morgan fingerprint density at radius 2 is 1.36 bits per heavy atom. The first kappa shape index (κ1) is 81.5. The van der Waals surface area contributed by atoms with Gasteiger partial charge in [0.25, 0.3) is 0 Å². The minimum absolute atomic E-state index is 0.00286. The standard InChI is InChI=1S/C55H92N8O11.C15H22O3/c1-13-37(8)51(46(73-12)31-48(68)63-28-18-19-38(63)9)61(10)53(70)43(34(2)3)30-45(66)50(36(6)7)62(11)55(72)74-33-39-23-25-41(26-24-39)59-52(69)40(20-17-27-58-54(57)71)29-44(65)49(35(4)5)60-47(67)22-16-14-15-21-42(64)32-56;1-11(9-14(16)10-12(2)18-3)15(17)13-7-5-4-6-8-13/h23-26,34-38,40,43,46,49-51H,13-22,27-33,56H2,1-12H3,(H,59,69)(H,60,67)(H3,57,58,71);4-8,11-12,15,17H,9-10H2,1-3H3/t37-,38+,40+,43-,46+,49-,50?,51-;11-,12-,15+/m00/s1. The van der Waals surface area contributed by atoms with Crippen molar-refractivity contribution in [3.8, 4) is 0 Å². The van der Waals surface area contributed by atoms with Gasteiger partial charge in [0.05, 0.1) is 49.4 Å². The number of carbonyl (C=O) groups is 10. The van der Waals surface area contributed by atoms with E-state index >= 15 is 0 Å². The molecule has 0 bridgehead atoms. The lowest BCUT2D eigenvalue weighted by molar-refractivity contribution is -0.148. The number of carbonyl (C=O) groups excluding carboxylic acids is 10. The molecule has 1 aliphatic rings. The summed E-state index contributed by atoms with van der Waals surface area (Å²) < 4.78 is 16.7. The molecule has 0 radical (unpaired) electrons. The van der Waals surface area contributed by atoms with Gasteiger partial charge in [-0.3, -0.25) is 38.4 Å². The zero-order valence-electron chi connectivity index (χ0n) is 58.0. The Bertz CT molecular complexity index is 2620. The summed E-state index contributed by atoms with van der Waals surface area (Å²) >= 11 is 0. The van der Waals surface area contributed by atoms with Gasteiger partial charge in [-0.2, -0.15) is 0 Å². The third-order valence-electron chi connectivity index (χ3n) is 17.7. The van der Waals surface area contributed by atoms with Crippen LogP contribution >= 0.6 is 0 Å². The SMILES string of the molecule is CC[C@H](C)[C@@H]([C@@H](CC(=O)N1CCC[C@H]1C)OC)N(C)C(=O)[C@@H](CC(=O)C(C(C)C)N(C)C(=O)OCc1ccc(NC(=O)[C@H](CCCNC(N)=O)CC(=O)[C@@H](NC(=O)CCCCCC(=O)CN)C(C)C)cc1)C(C)C.CO[C@@H](C)CC(=O)C[C@H](C)[C@@H](O)c1ccccc1. The van der Waals surface area contributed by atoms with E-state index in [0.717, 1.165) is 24.8 Å². The third kappa shape index (κ3) is 28.3. The first-order valence-corrected chi connectivity index (χ1v) is 33.2. The zero-order valence-corrected chi connectivity index (χ0v) is 58.0. The highest BCUT2D eigenvalue weighted by atomic mass is 16.6. The number of rotatable bonds is 41. The number of anilines is 1. The molecule has 518 valence electrons. The van der Waals surface area contributed by atoms with Gasteiger partial charge in [-0.05, 0) is 105 Å². The maximum absolute atomic E-state index is 14.5. The van der Waals surface area contributed by atoms with Gasteiger partial charge < -0.3 is 61.4 Å². The van der Waals surface area contributed by atoms with Crippen molar-refractivity contribution in [1.29, 1.82) is 0 Å². The van der Waals surface area contributed by atoms with Gasteiger partial charge in [0.1, 0.15) is 18.2 Å². The number of likely N-dealkylation sites (N-methyl/N-ethyl adjacent to an activating group) is 2. The Labute approximate surface area is 548 Å². The fourth-order valence-electron chi connectivity index (χ4n) is 11.8. The van der Waals surface area contributed by atoms with Crippen molar-refractivity contribution >= 4 is 64.6 Å². The number of unbranched alkanes of at least 4 members (excludes halogenated alkanes) is 2. The Kier molecular flexibility index (Phi) is 37.7. The van der Waals surface area contributed by atoms with E-state index in [9.17, 15) is 53.1 Å². The van der Waals surface area contributed by atoms with Gasteiger partial charge in [0.15, 0.2) is 11.6 Å². The number of aliphatic hydroxyl groups is 1. The summed E-state index contributed by atoms with van der Waals surface area (Å²) in [6.45, 7) is 21.7. The number of amides is 7. The van der Waals surface area contributed by atoms with Crippen LogP contribution in [0.15, 0.2) is 54.6 Å². The molecule has 1 fully saturated rings. The van der Waals surface area contributed by atoms with E-state index in [1.807, 2.05) is 111 Å². The summed E-state index contributed by atoms with van der Waals surface area (Å²) in [6.07, 6.45) is 4.32. The maximum Gasteiger partial charge on any atom is 0.410 e. The molecule has 2 aromatic carbocycles.